The summed E-state index contributed by atoms with van der Waals surface area (Å²) in [5.41, 5.74) is 2.13. The summed E-state index contributed by atoms with van der Waals surface area (Å²) in [5, 5.41) is 0.512. The molecule has 0 radical (unpaired) electrons. The van der Waals surface area contributed by atoms with Crippen molar-refractivity contribution in [2.45, 2.75) is 56.9 Å². The maximum atomic E-state index is 13.5. The minimum absolute atomic E-state index is 0.0583. The van der Waals surface area contributed by atoms with E-state index in [1.807, 2.05) is 26.0 Å². The van der Waals surface area contributed by atoms with Gasteiger partial charge in [0.1, 0.15) is 17.6 Å². The van der Waals surface area contributed by atoms with Crippen molar-refractivity contribution in [1.82, 2.24) is 4.90 Å². The summed E-state index contributed by atoms with van der Waals surface area (Å²) in [5.74, 6) is 0.676. The number of hydrogen-bond acceptors (Lipinski definition) is 6. The van der Waals surface area contributed by atoms with E-state index in [1.165, 1.54) is 12.1 Å². The molecule has 0 aliphatic carbocycles. The standard InChI is InChI=1S/C24H28ClNO6S/c1-15(2)31-22-5-4-19(33(3,28)29)12-20(22)24(27)26-13-16-10-21(25)23(11-17(16)14-26)32-18-6-8-30-9-7-18/h4-5,10-12,15,18H,6-9,13-14H2,1-3H3. The molecule has 0 unspecified atom stereocenters. The van der Waals surface area contributed by atoms with Crippen LogP contribution in [0.25, 0.3) is 0 Å². The first-order chi connectivity index (χ1) is 15.6. The summed E-state index contributed by atoms with van der Waals surface area (Å²) >= 11 is 6.48. The molecule has 0 aromatic heterocycles. The van der Waals surface area contributed by atoms with Crippen molar-refractivity contribution >= 4 is 27.3 Å². The number of rotatable bonds is 6. The molecule has 0 spiro atoms. The van der Waals surface area contributed by atoms with E-state index in [4.69, 9.17) is 25.8 Å². The van der Waals surface area contributed by atoms with Gasteiger partial charge in [-0.1, -0.05) is 11.6 Å². The van der Waals surface area contributed by atoms with E-state index in [-0.39, 0.29) is 28.6 Å². The van der Waals surface area contributed by atoms with Crippen molar-refractivity contribution in [2.75, 3.05) is 19.5 Å². The second kappa shape index (κ2) is 9.52. The van der Waals surface area contributed by atoms with Crippen LogP contribution in [0.2, 0.25) is 5.02 Å². The minimum Gasteiger partial charge on any atom is -0.490 e. The van der Waals surface area contributed by atoms with Gasteiger partial charge in [-0.2, -0.15) is 0 Å². The van der Waals surface area contributed by atoms with Gasteiger partial charge in [0.2, 0.25) is 0 Å². The second-order valence-electron chi connectivity index (χ2n) is 8.74. The van der Waals surface area contributed by atoms with E-state index in [1.54, 1.807) is 11.0 Å². The molecule has 2 aromatic carbocycles. The Morgan fingerprint density at radius 2 is 1.76 bits per heavy atom. The molecule has 7 nitrogen and oxygen atoms in total. The third-order valence-electron chi connectivity index (χ3n) is 5.70. The quantitative estimate of drug-likeness (QED) is 0.598. The maximum absolute atomic E-state index is 13.5. The molecule has 4 rings (SSSR count). The fourth-order valence-corrected chi connectivity index (χ4v) is 4.92. The molecule has 2 aliphatic heterocycles. The van der Waals surface area contributed by atoms with E-state index >= 15 is 0 Å². The minimum atomic E-state index is -3.48. The number of nitrogens with zero attached hydrogens (tertiary/aromatic N) is 1. The third-order valence-corrected chi connectivity index (χ3v) is 7.10. The average Bonchev–Trinajstić information content (AvgIpc) is 3.16. The summed E-state index contributed by atoms with van der Waals surface area (Å²) < 4.78 is 41.4. The highest BCUT2D eigenvalue weighted by Crippen LogP contribution is 2.36. The molecule has 2 aromatic rings. The van der Waals surface area contributed by atoms with Crippen LogP contribution in [0.1, 0.15) is 48.2 Å². The first-order valence-electron chi connectivity index (χ1n) is 11.0. The normalized spacial score (nSPS) is 16.7. The lowest BCUT2D eigenvalue weighted by molar-refractivity contribution is 0.0255. The molecule has 1 saturated heterocycles. The molecule has 0 bridgehead atoms. The Morgan fingerprint density at radius 1 is 1.09 bits per heavy atom. The molecule has 2 aliphatic rings. The van der Waals surface area contributed by atoms with Crippen molar-refractivity contribution in [3.63, 3.8) is 0 Å². The van der Waals surface area contributed by atoms with Crippen molar-refractivity contribution < 1.29 is 27.4 Å². The molecule has 0 N–H and O–H groups in total. The van der Waals surface area contributed by atoms with Crippen LogP contribution in [0.15, 0.2) is 35.2 Å². The summed E-state index contributed by atoms with van der Waals surface area (Å²) in [6.07, 6.45) is 2.64. The number of fused-ring (bicyclic) bond motifs is 1. The van der Waals surface area contributed by atoms with Gasteiger partial charge >= 0.3 is 0 Å². The Balaban J connectivity index is 1.58. The number of halogens is 1. The lowest BCUT2D eigenvalue weighted by Crippen LogP contribution is -2.26. The second-order valence-corrected chi connectivity index (χ2v) is 11.2. The SMILES string of the molecule is CC(C)Oc1ccc(S(C)(=O)=O)cc1C(=O)N1Cc2cc(Cl)c(OC3CCOCC3)cc2C1. The van der Waals surface area contributed by atoms with Gasteiger partial charge in [-0.15, -0.1) is 0 Å². The van der Waals surface area contributed by atoms with Crippen LogP contribution >= 0.6 is 11.6 Å². The highest BCUT2D eigenvalue weighted by Gasteiger charge is 2.29. The lowest BCUT2D eigenvalue weighted by atomic mass is 10.1. The predicted molar refractivity (Wildman–Crippen MR) is 125 cm³/mol. The zero-order valence-corrected chi connectivity index (χ0v) is 20.5. The van der Waals surface area contributed by atoms with Gasteiger partial charge in [0, 0.05) is 32.2 Å². The maximum Gasteiger partial charge on any atom is 0.258 e. The molecule has 1 fully saturated rings. The zero-order chi connectivity index (χ0) is 23.8. The first-order valence-corrected chi connectivity index (χ1v) is 13.2. The van der Waals surface area contributed by atoms with E-state index < -0.39 is 9.84 Å². The lowest BCUT2D eigenvalue weighted by Gasteiger charge is -2.24. The zero-order valence-electron chi connectivity index (χ0n) is 19.0. The van der Waals surface area contributed by atoms with Gasteiger partial charge in [0.05, 0.1) is 34.8 Å². The number of carbonyl (C=O) groups excluding carboxylic acids is 1. The summed E-state index contributed by atoms with van der Waals surface area (Å²) in [6.45, 7) is 5.79. The van der Waals surface area contributed by atoms with Gasteiger partial charge in [0.25, 0.3) is 5.91 Å². The predicted octanol–water partition coefficient (Wildman–Crippen LogP) is 4.24. The van der Waals surface area contributed by atoms with E-state index in [2.05, 4.69) is 0 Å². The first kappa shape index (κ1) is 23.9. The smallest absolute Gasteiger partial charge is 0.258 e. The molecular formula is C24H28ClNO6S. The largest absolute Gasteiger partial charge is 0.490 e. The molecule has 0 saturated carbocycles. The van der Waals surface area contributed by atoms with Gasteiger partial charge in [0.15, 0.2) is 9.84 Å². The Labute approximate surface area is 199 Å². The van der Waals surface area contributed by atoms with Crippen LogP contribution in [0.4, 0.5) is 0 Å². The number of benzene rings is 2. The van der Waals surface area contributed by atoms with Crippen molar-refractivity contribution in [3.05, 3.63) is 52.0 Å². The highest BCUT2D eigenvalue weighted by atomic mass is 35.5. The monoisotopic (exact) mass is 493 g/mol. The van der Waals surface area contributed by atoms with Gasteiger partial charge in [-0.25, -0.2) is 8.42 Å². The van der Waals surface area contributed by atoms with Gasteiger partial charge in [-0.05, 0) is 55.3 Å². The van der Waals surface area contributed by atoms with Crippen LogP contribution < -0.4 is 9.47 Å². The third kappa shape index (κ3) is 5.45. The van der Waals surface area contributed by atoms with Crippen LogP contribution in [0.5, 0.6) is 11.5 Å². The topological polar surface area (TPSA) is 82.1 Å². The molecule has 33 heavy (non-hydrogen) atoms. The average molecular weight is 494 g/mol. The van der Waals surface area contributed by atoms with E-state index in [0.29, 0.717) is 42.8 Å². The van der Waals surface area contributed by atoms with Gasteiger partial charge in [-0.3, -0.25) is 4.79 Å². The van der Waals surface area contributed by atoms with Crippen LogP contribution in [-0.2, 0) is 27.7 Å². The van der Waals surface area contributed by atoms with E-state index in [9.17, 15) is 13.2 Å². The van der Waals surface area contributed by atoms with Crippen molar-refractivity contribution in [1.29, 1.82) is 0 Å². The Kier molecular flexibility index (Phi) is 6.88. The number of ether oxygens (including phenoxy) is 3. The summed E-state index contributed by atoms with van der Waals surface area (Å²) in [7, 11) is -3.48. The number of carbonyl (C=O) groups is 1. The molecule has 9 heteroatoms. The van der Waals surface area contributed by atoms with E-state index in [0.717, 1.165) is 30.2 Å². The molecule has 2 heterocycles. The molecule has 0 atom stereocenters. The molecule has 178 valence electrons. The molecule has 1 amide bonds. The van der Waals surface area contributed by atoms with Gasteiger partial charge < -0.3 is 19.1 Å². The fourth-order valence-electron chi connectivity index (χ4n) is 4.04. The number of amides is 1. The van der Waals surface area contributed by atoms with Crippen LogP contribution in [-0.4, -0.2) is 50.9 Å². The Hall–Kier alpha value is -2.29. The van der Waals surface area contributed by atoms with Crippen molar-refractivity contribution in [3.8, 4) is 11.5 Å². The highest BCUT2D eigenvalue weighted by molar-refractivity contribution is 7.90. The van der Waals surface area contributed by atoms with Crippen molar-refractivity contribution in [2.24, 2.45) is 0 Å². The fraction of sp³-hybridized carbons (Fsp3) is 0.458. The number of sulfone groups is 1. The summed E-state index contributed by atoms with van der Waals surface area (Å²) in [4.78, 5) is 15.2. The van der Waals surface area contributed by atoms with Crippen LogP contribution in [0, 0.1) is 0 Å². The Morgan fingerprint density at radius 3 is 2.39 bits per heavy atom. The number of hydrogen-bond donors (Lipinski definition) is 0. The van der Waals surface area contributed by atoms with Crippen LogP contribution in [0.3, 0.4) is 0 Å². The Bertz CT molecular complexity index is 1160. The molecular weight excluding hydrogens is 466 g/mol. The summed E-state index contributed by atoms with van der Waals surface area (Å²) in [6, 6.07) is 8.15.